The lowest BCUT2D eigenvalue weighted by atomic mass is 10.0. The Hall–Kier alpha value is -1.89. The third kappa shape index (κ3) is 5.13. The molecule has 0 saturated carbocycles. The van der Waals surface area contributed by atoms with Crippen molar-refractivity contribution in [2.45, 2.75) is 31.7 Å². The van der Waals surface area contributed by atoms with E-state index in [0.717, 1.165) is 68.6 Å². The number of pyridine rings is 2. The van der Waals surface area contributed by atoms with E-state index in [0.29, 0.717) is 17.0 Å². The van der Waals surface area contributed by atoms with Crippen LogP contribution in [0.3, 0.4) is 0 Å². The molecule has 2 aromatic rings. The lowest BCUT2D eigenvalue weighted by molar-refractivity contribution is 0.0699. The number of nitrogens with one attached hydrogen (secondary N) is 3. The molecular formula is C21H28ClN5O. The molecule has 28 heavy (non-hydrogen) atoms. The fourth-order valence-electron chi connectivity index (χ4n) is 3.77. The lowest BCUT2D eigenvalue weighted by Gasteiger charge is -2.22. The number of rotatable bonds is 7. The van der Waals surface area contributed by atoms with Crippen LogP contribution in [0, 0.1) is 5.92 Å². The van der Waals surface area contributed by atoms with Crippen LogP contribution in [0.15, 0.2) is 30.5 Å². The SMILES string of the molecule is Clc1cnc(NC[C@H]2CCCN2)cc1-c1cccc(NCC2CCOCC2)n1. The largest absolute Gasteiger partial charge is 0.381 e. The monoisotopic (exact) mass is 401 g/mol. The lowest BCUT2D eigenvalue weighted by Crippen LogP contribution is -2.29. The van der Waals surface area contributed by atoms with Crippen LogP contribution >= 0.6 is 11.6 Å². The molecule has 0 aliphatic carbocycles. The zero-order valence-electron chi connectivity index (χ0n) is 16.1. The number of hydrogen-bond donors (Lipinski definition) is 3. The molecular weight excluding hydrogens is 374 g/mol. The normalized spacial score (nSPS) is 20.2. The summed E-state index contributed by atoms with van der Waals surface area (Å²) in [4.78, 5) is 9.19. The van der Waals surface area contributed by atoms with Gasteiger partial charge in [-0.25, -0.2) is 9.97 Å². The molecule has 6 nitrogen and oxygen atoms in total. The van der Waals surface area contributed by atoms with Gasteiger partial charge in [0.05, 0.1) is 10.7 Å². The third-order valence-corrected chi connectivity index (χ3v) is 5.79. The number of hydrogen-bond acceptors (Lipinski definition) is 6. The van der Waals surface area contributed by atoms with E-state index in [-0.39, 0.29) is 0 Å². The van der Waals surface area contributed by atoms with E-state index in [4.69, 9.17) is 21.3 Å². The molecule has 2 aliphatic rings. The predicted molar refractivity (Wildman–Crippen MR) is 114 cm³/mol. The first-order valence-electron chi connectivity index (χ1n) is 10.2. The molecule has 2 saturated heterocycles. The fraction of sp³-hybridized carbons (Fsp3) is 0.524. The minimum atomic E-state index is 0.511. The summed E-state index contributed by atoms with van der Waals surface area (Å²) in [5, 5.41) is 11.0. The van der Waals surface area contributed by atoms with Crippen molar-refractivity contribution in [1.29, 1.82) is 0 Å². The van der Waals surface area contributed by atoms with Gasteiger partial charge in [-0.3, -0.25) is 0 Å². The molecule has 2 fully saturated rings. The molecule has 3 N–H and O–H groups in total. The highest BCUT2D eigenvalue weighted by atomic mass is 35.5. The Morgan fingerprint density at radius 3 is 2.79 bits per heavy atom. The van der Waals surface area contributed by atoms with Gasteiger partial charge in [0.2, 0.25) is 0 Å². The minimum Gasteiger partial charge on any atom is -0.381 e. The number of ether oxygens (including phenoxy) is 1. The first-order chi connectivity index (χ1) is 13.8. The van der Waals surface area contributed by atoms with Crippen LogP contribution in [-0.2, 0) is 4.74 Å². The summed E-state index contributed by atoms with van der Waals surface area (Å²) in [6, 6.07) is 8.51. The second-order valence-corrected chi connectivity index (χ2v) is 7.98. The highest BCUT2D eigenvalue weighted by Crippen LogP contribution is 2.29. The molecule has 0 bridgehead atoms. The van der Waals surface area contributed by atoms with Crippen molar-refractivity contribution < 1.29 is 4.74 Å². The molecule has 0 amide bonds. The van der Waals surface area contributed by atoms with Gasteiger partial charge in [0.25, 0.3) is 0 Å². The van der Waals surface area contributed by atoms with Gasteiger partial charge in [-0.05, 0) is 56.3 Å². The summed E-state index contributed by atoms with van der Waals surface area (Å²) in [5.74, 6) is 2.35. The number of nitrogens with zero attached hydrogens (tertiary/aromatic N) is 2. The van der Waals surface area contributed by atoms with Gasteiger partial charge >= 0.3 is 0 Å². The first-order valence-corrected chi connectivity index (χ1v) is 10.6. The number of aromatic nitrogens is 2. The van der Waals surface area contributed by atoms with Crippen molar-refractivity contribution in [1.82, 2.24) is 15.3 Å². The second kappa shape index (κ2) is 9.54. The number of halogens is 1. The van der Waals surface area contributed by atoms with Gasteiger partial charge in [-0.2, -0.15) is 0 Å². The highest BCUT2D eigenvalue weighted by molar-refractivity contribution is 6.33. The molecule has 0 spiro atoms. The standard InChI is InChI=1S/C21H28ClN5O/c22-18-14-26-21(25-13-16-3-2-8-23-16)11-17(18)19-4-1-5-20(27-19)24-12-15-6-9-28-10-7-15/h1,4-5,11,14-16,23H,2-3,6-10,12-13H2,(H,24,27)(H,25,26)/t16-/m1/s1. The zero-order valence-corrected chi connectivity index (χ0v) is 16.8. The molecule has 0 aromatic carbocycles. The van der Waals surface area contributed by atoms with Crippen molar-refractivity contribution in [2.24, 2.45) is 5.92 Å². The van der Waals surface area contributed by atoms with Crippen LogP contribution in [0.25, 0.3) is 11.3 Å². The van der Waals surface area contributed by atoms with E-state index in [9.17, 15) is 0 Å². The first kappa shape index (κ1) is 19.4. The Labute approximate surface area is 171 Å². The summed E-state index contributed by atoms with van der Waals surface area (Å²) < 4.78 is 5.43. The molecule has 7 heteroatoms. The average molecular weight is 402 g/mol. The van der Waals surface area contributed by atoms with Gasteiger partial charge in [0.1, 0.15) is 11.6 Å². The van der Waals surface area contributed by atoms with Gasteiger partial charge in [0, 0.05) is 44.1 Å². The Morgan fingerprint density at radius 2 is 1.96 bits per heavy atom. The summed E-state index contributed by atoms with van der Waals surface area (Å²) in [5.41, 5.74) is 1.75. The highest BCUT2D eigenvalue weighted by Gasteiger charge is 2.15. The molecule has 2 aromatic heterocycles. The maximum absolute atomic E-state index is 6.43. The zero-order chi connectivity index (χ0) is 19.2. The maximum Gasteiger partial charge on any atom is 0.126 e. The molecule has 0 unspecified atom stereocenters. The van der Waals surface area contributed by atoms with Crippen molar-refractivity contribution in [3.05, 3.63) is 35.5 Å². The van der Waals surface area contributed by atoms with E-state index in [1.54, 1.807) is 6.20 Å². The van der Waals surface area contributed by atoms with Crippen molar-refractivity contribution in [3.8, 4) is 11.3 Å². The second-order valence-electron chi connectivity index (χ2n) is 7.57. The Kier molecular flexibility index (Phi) is 6.62. The van der Waals surface area contributed by atoms with Crippen LogP contribution in [-0.4, -0.2) is 48.9 Å². The molecule has 2 aliphatic heterocycles. The summed E-state index contributed by atoms with van der Waals surface area (Å²) in [6.07, 6.45) is 6.35. The fourth-order valence-corrected chi connectivity index (χ4v) is 3.97. The van der Waals surface area contributed by atoms with Gasteiger partial charge in [-0.15, -0.1) is 0 Å². The number of anilines is 2. The maximum atomic E-state index is 6.43. The molecule has 1 atom stereocenters. The predicted octanol–water partition coefficient (Wildman–Crippen LogP) is 3.80. The van der Waals surface area contributed by atoms with Crippen LogP contribution in [0.5, 0.6) is 0 Å². The quantitative estimate of drug-likeness (QED) is 0.655. The topological polar surface area (TPSA) is 71.1 Å². The average Bonchev–Trinajstić information content (AvgIpc) is 3.26. The van der Waals surface area contributed by atoms with Gasteiger partial charge in [0.15, 0.2) is 0 Å². The van der Waals surface area contributed by atoms with Crippen LogP contribution < -0.4 is 16.0 Å². The van der Waals surface area contributed by atoms with Crippen molar-refractivity contribution in [3.63, 3.8) is 0 Å². The third-order valence-electron chi connectivity index (χ3n) is 5.49. The summed E-state index contributed by atoms with van der Waals surface area (Å²) in [7, 11) is 0. The Morgan fingerprint density at radius 1 is 1.11 bits per heavy atom. The molecule has 0 radical (unpaired) electrons. The van der Waals surface area contributed by atoms with Crippen LogP contribution in [0.2, 0.25) is 5.02 Å². The van der Waals surface area contributed by atoms with E-state index in [1.807, 2.05) is 24.3 Å². The van der Waals surface area contributed by atoms with E-state index >= 15 is 0 Å². The van der Waals surface area contributed by atoms with E-state index in [2.05, 4.69) is 20.9 Å². The summed E-state index contributed by atoms with van der Waals surface area (Å²) in [6.45, 7) is 4.61. The van der Waals surface area contributed by atoms with Crippen molar-refractivity contribution in [2.75, 3.05) is 43.5 Å². The van der Waals surface area contributed by atoms with Crippen LogP contribution in [0.1, 0.15) is 25.7 Å². The van der Waals surface area contributed by atoms with E-state index in [1.165, 1.54) is 12.8 Å². The van der Waals surface area contributed by atoms with Crippen molar-refractivity contribution >= 4 is 23.2 Å². The molecule has 150 valence electrons. The smallest absolute Gasteiger partial charge is 0.126 e. The molecule has 4 rings (SSSR count). The van der Waals surface area contributed by atoms with Gasteiger partial charge in [-0.1, -0.05) is 17.7 Å². The minimum absolute atomic E-state index is 0.511. The Balaban J connectivity index is 1.42. The molecule has 4 heterocycles. The van der Waals surface area contributed by atoms with Crippen LogP contribution in [0.4, 0.5) is 11.6 Å². The van der Waals surface area contributed by atoms with E-state index < -0.39 is 0 Å². The summed E-state index contributed by atoms with van der Waals surface area (Å²) >= 11 is 6.43. The van der Waals surface area contributed by atoms with Gasteiger partial charge < -0.3 is 20.7 Å². The Bertz CT molecular complexity index is 775.